The second kappa shape index (κ2) is 8.35. The van der Waals surface area contributed by atoms with Crippen LogP contribution in [0.3, 0.4) is 0 Å². The van der Waals surface area contributed by atoms with E-state index in [9.17, 15) is 9.18 Å². The molecule has 0 aliphatic heterocycles. The molecule has 0 spiro atoms. The first-order valence-corrected chi connectivity index (χ1v) is 7.35. The molecule has 0 aromatic heterocycles. The first-order chi connectivity index (χ1) is 9.60. The number of halogens is 2. The zero-order valence-corrected chi connectivity index (χ0v) is 13.2. The highest BCUT2D eigenvalue weighted by atomic mass is 35.5. The topological polar surface area (TPSA) is 55.1 Å². The Labute approximate surface area is 131 Å². The van der Waals surface area contributed by atoms with E-state index < -0.39 is 0 Å². The van der Waals surface area contributed by atoms with Gasteiger partial charge in [0.25, 0.3) is 0 Å². The summed E-state index contributed by atoms with van der Waals surface area (Å²) in [5.74, 6) is 0.0323. The third-order valence-electron chi connectivity index (χ3n) is 4.17. The highest BCUT2D eigenvalue weighted by molar-refractivity contribution is 5.85. The Morgan fingerprint density at radius 3 is 2.90 bits per heavy atom. The molecule has 2 rings (SSSR count). The van der Waals surface area contributed by atoms with Gasteiger partial charge in [-0.25, -0.2) is 4.39 Å². The van der Waals surface area contributed by atoms with E-state index >= 15 is 0 Å². The van der Waals surface area contributed by atoms with Crippen molar-refractivity contribution in [3.8, 4) is 0 Å². The lowest BCUT2D eigenvalue weighted by molar-refractivity contribution is -0.125. The monoisotopic (exact) mass is 314 g/mol. The Kier molecular flexibility index (Phi) is 7.12. The Hall–Kier alpha value is -1.13. The summed E-state index contributed by atoms with van der Waals surface area (Å²) in [5, 5.41) is 3.10. The zero-order valence-electron chi connectivity index (χ0n) is 12.3. The molecule has 1 aromatic carbocycles. The molecule has 1 aromatic rings. The van der Waals surface area contributed by atoms with Crippen molar-refractivity contribution in [2.75, 3.05) is 6.54 Å². The van der Waals surface area contributed by atoms with Crippen LogP contribution in [0.4, 0.5) is 4.39 Å². The molecule has 3 unspecified atom stereocenters. The van der Waals surface area contributed by atoms with Crippen LogP contribution in [0.25, 0.3) is 0 Å². The lowest BCUT2D eigenvalue weighted by Crippen LogP contribution is -2.42. The van der Waals surface area contributed by atoms with Crippen molar-refractivity contribution in [3.05, 3.63) is 35.6 Å². The van der Waals surface area contributed by atoms with Crippen LogP contribution in [-0.4, -0.2) is 18.5 Å². The van der Waals surface area contributed by atoms with Crippen molar-refractivity contribution in [2.24, 2.45) is 17.6 Å². The molecule has 1 fully saturated rings. The molecule has 5 heteroatoms. The van der Waals surface area contributed by atoms with Crippen LogP contribution in [0.1, 0.15) is 31.7 Å². The van der Waals surface area contributed by atoms with Crippen LogP contribution in [0.15, 0.2) is 24.3 Å². The third-order valence-corrected chi connectivity index (χ3v) is 4.17. The van der Waals surface area contributed by atoms with Gasteiger partial charge in [0.15, 0.2) is 0 Å². The first kappa shape index (κ1) is 17.9. The maximum atomic E-state index is 13.1. The first-order valence-electron chi connectivity index (χ1n) is 7.35. The van der Waals surface area contributed by atoms with Gasteiger partial charge in [0.2, 0.25) is 5.91 Å². The maximum Gasteiger partial charge on any atom is 0.223 e. The summed E-state index contributed by atoms with van der Waals surface area (Å²) in [6.07, 6.45) is 3.80. The van der Waals surface area contributed by atoms with Crippen molar-refractivity contribution in [1.82, 2.24) is 5.32 Å². The molecule has 118 valence electrons. The molecule has 0 bridgehead atoms. The van der Waals surface area contributed by atoms with Crippen molar-refractivity contribution >= 4 is 18.3 Å². The molecule has 1 amide bonds. The molecule has 0 heterocycles. The standard InChI is InChI=1S/C16H23FN2O.ClH/c1-11(8-12-4-2-6-14(17)9-12)16(20)19-15-7-3-5-13(15)10-18;/h2,4,6,9,11,13,15H,3,5,7-8,10,18H2,1H3,(H,19,20);1H. The Morgan fingerprint density at radius 2 is 2.24 bits per heavy atom. The van der Waals surface area contributed by atoms with Gasteiger partial charge >= 0.3 is 0 Å². The minimum absolute atomic E-state index is 0. The third kappa shape index (κ3) is 4.97. The van der Waals surface area contributed by atoms with Crippen LogP contribution in [-0.2, 0) is 11.2 Å². The fourth-order valence-corrected chi connectivity index (χ4v) is 2.94. The van der Waals surface area contributed by atoms with E-state index in [1.807, 2.05) is 13.0 Å². The summed E-state index contributed by atoms with van der Waals surface area (Å²) in [6, 6.07) is 6.64. The molecule has 1 aliphatic rings. The van der Waals surface area contributed by atoms with E-state index in [1.54, 1.807) is 6.07 Å². The Morgan fingerprint density at radius 1 is 1.48 bits per heavy atom. The van der Waals surface area contributed by atoms with Crippen LogP contribution in [0.2, 0.25) is 0 Å². The number of amides is 1. The van der Waals surface area contributed by atoms with Gasteiger partial charge in [-0.3, -0.25) is 4.79 Å². The average molecular weight is 315 g/mol. The minimum atomic E-state index is -0.255. The summed E-state index contributed by atoms with van der Waals surface area (Å²) in [5.41, 5.74) is 6.58. The van der Waals surface area contributed by atoms with E-state index in [-0.39, 0.29) is 36.1 Å². The van der Waals surface area contributed by atoms with Gasteiger partial charge in [0.1, 0.15) is 5.82 Å². The summed E-state index contributed by atoms with van der Waals surface area (Å²) < 4.78 is 13.1. The lowest BCUT2D eigenvalue weighted by atomic mass is 9.98. The molecular weight excluding hydrogens is 291 g/mol. The second-order valence-corrected chi connectivity index (χ2v) is 5.78. The zero-order chi connectivity index (χ0) is 14.5. The molecule has 3 N–H and O–H groups in total. The van der Waals surface area contributed by atoms with E-state index in [1.165, 1.54) is 12.1 Å². The molecule has 1 aliphatic carbocycles. The van der Waals surface area contributed by atoms with Crippen molar-refractivity contribution in [2.45, 2.75) is 38.6 Å². The number of benzene rings is 1. The van der Waals surface area contributed by atoms with Crippen LogP contribution >= 0.6 is 12.4 Å². The lowest BCUT2D eigenvalue weighted by Gasteiger charge is -2.22. The van der Waals surface area contributed by atoms with Gasteiger partial charge < -0.3 is 11.1 Å². The number of carbonyl (C=O) groups is 1. The van der Waals surface area contributed by atoms with Gasteiger partial charge in [-0.15, -0.1) is 12.4 Å². The fourth-order valence-electron chi connectivity index (χ4n) is 2.94. The maximum absolute atomic E-state index is 13.1. The van der Waals surface area contributed by atoms with Gasteiger partial charge in [0, 0.05) is 12.0 Å². The van der Waals surface area contributed by atoms with Gasteiger partial charge in [-0.2, -0.15) is 0 Å². The summed E-state index contributed by atoms with van der Waals surface area (Å²) in [6.45, 7) is 2.51. The highest BCUT2D eigenvalue weighted by Crippen LogP contribution is 2.25. The van der Waals surface area contributed by atoms with Crippen molar-refractivity contribution in [1.29, 1.82) is 0 Å². The number of nitrogens with two attached hydrogens (primary N) is 1. The molecule has 3 atom stereocenters. The quantitative estimate of drug-likeness (QED) is 0.878. The number of hydrogen-bond donors (Lipinski definition) is 2. The number of carbonyl (C=O) groups excluding carboxylic acids is 1. The van der Waals surface area contributed by atoms with E-state index in [0.717, 1.165) is 24.8 Å². The fraction of sp³-hybridized carbons (Fsp3) is 0.562. The molecule has 0 radical (unpaired) electrons. The number of nitrogens with one attached hydrogen (secondary N) is 1. The Balaban J connectivity index is 0.00000220. The smallest absolute Gasteiger partial charge is 0.223 e. The van der Waals surface area contributed by atoms with Gasteiger partial charge in [-0.1, -0.05) is 25.5 Å². The van der Waals surface area contributed by atoms with E-state index in [0.29, 0.717) is 18.9 Å². The number of rotatable bonds is 5. The van der Waals surface area contributed by atoms with Crippen LogP contribution in [0.5, 0.6) is 0 Å². The SMILES string of the molecule is CC(Cc1cccc(F)c1)C(=O)NC1CCCC1CN.Cl. The average Bonchev–Trinajstić information content (AvgIpc) is 2.85. The molecule has 0 saturated heterocycles. The molecule has 21 heavy (non-hydrogen) atoms. The van der Waals surface area contributed by atoms with Gasteiger partial charge in [-0.05, 0) is 49.4 Å². The normalized spacial score (nSPS) is 22.4. The van der Waals surface area contributed by atoms with Crippen molar-refractivity contribution < 1.29 is 9.18 Å². The van der Waals surface area contributed by atoms with Crippen LogP contribution in [0, 0.1) is 17.7 Å². The molecular formula is C16H24ClFN2O. The van der Waals surface area contributed by atoms with E-state index in [4.69, 9.17) is 5.73 Å². The second-order valence-electron chi connectivity index (χ2n) is 5.78. The van der Waals surface area contributed by atoms with E-state index in [2.05, 4.69) is 5.32 Å². The predicted molar refractivity (Wildman–Crippen MR) is 84.8 cm³/mol. The Bertz CT molecular complexity index is 469. The summed E-state index contributed by atoms with van der Waals surface area (Å²) in [4.78, 5) is 12.2. The molecule has 3 nitrogen and oxygen atoms in total. The largest absolute Gasteiger partial charge is 0.353 e. The predicted octanol–water partition coefficient (Wildman–Crippen LogP) is 2.67. The van der Waals surface area contributed by atoms with Crippen LogP contribution < -0.4 is 11.1 Å². The summed E-state index contributed by atoms with van der Waals surface area (Å²) in [7, 11) is 0. The minimum Gasteiger partial charge on any atom is -0.353 e. The van der Waals surface area contributed by atoms with Gasteiger partial charge in [0.05, 0.1) is 0 Å². The highest BCUT2D eigenvalue weighted by Gasteiger charge is 2.28. The summed E-state index contributed by atoms with van der Waals surface area (Å²) >= 11 is 0. The van der Waals surface area contributed by atoms with Crippen molar-refractivity contribution in [3.63, 3.8) is 0 Å². The number of hydrogen-bond acceptors (Lipinski definition) is 2. The molecule has 1 saturated carbocycles.